The predicted molar refractivity (Wildman–Crippen MR) is 89.0 cm³/mol. The summed E-state index contributed by atoms with van der Waals surface area (Å²) < 4.78 is 27.3. The molecule has 0 spiro atoms. The number of alkyl halides is 2. The number of fused-ring (bicyclic) bond motifs is 1. The first-order valence-corrected chi connectivity index (χ1v) is 7.92. The highest BCUT2D eigenvalue weighted by molar-refractivity contribution is 7.21. The molecule has 0 unspecified atom stereocenters. The molecule has 130 valence electrons. The Labute approximate surface area is 144 Å². The summed E-state index contributed by atoms with van der Waals surface area (Å²) in [5.74, 6) is -1.32. The Kier molecular flexibility index (Phi) is 4.21. The fraction of sp³-hybridized carbons (Fsp3) is 0.200. The Morgan fingerprint density at radius 1 is 1.40 bits per heavy atom. The van der Waals surface area contributed by atoms with Crippen LogP contribution in [0.5, 0.6) is 0 Å². The van der Waals surface area contributed by atoms with Crippen molar-refractivity contribution in [2.24, 2.45) is 12.8 Å². The number of rotatable bonds is 4. The SMILES string of the molecule is Cc1cc(C(F)F)nc2sc(C(N)=O)c(NC(=O)c3ccn(C)n3)c12. The third-order valence-corrected chi connectivity index (χ3v) is 4.61. The number of thiophene rings is 1. The highest BCUT2D eigenvalue weighted by atomic mass is 32.1. The van der Waals surface area contributed by atoms with E-state index < -0.39 is 23.9 Å². The van der Waals surface area contributed by atoms with Crippen molar-refractivity contribution in [1.82, 2.24) is 14.8 Å². The van der Waals surface area contributed by atoms with E-state index in [0.29, 0.717) is 10.9 Å². The molecule has 10 heteroatoms. The highest BCUT2D eigenvalue weighted by Gasteiger charge is 2.23. The van der Waals surface area contributed by atoms with Crippen LogP contribution in [0, 0.1) is 6.92 Å². The second-order valence-electron chi connectivity index (χ2n) is 5.34. The Hall–Kier alpha value is -2.88. The molecule has 3 N–H and O–H groups in total. The van der Waals surface area contributed by atoms with E-state index in [1.165, 1.54) is 16.8 Å². The number of nitrogens with one attached hydrogen (secondary N) is 1. The van der Waals surface area contributed by atoms with Gasteiger partial charge in [-0.05, 0) is 24.6 Å². The van der Waals surface area contributed by atoms with Gasteiger partial charge in [-0.25, -0.2) is 13.8 Å². The molecule has 0 aliphatic heterocycles. The first kappa shape index (κ1) is 17.0. The molecule has 0 atom stereocenters. The van der Waals surface area contributed by atoms with Crippen LogP contribution in [0.4, 0.5) is 14.5 Å². The molecule has 0 radical (unpaired) electrons. The fourth-order valence-corrected chi connectivity index (χ4v) is 3.49. The number of aromatic nitrogens is 3. The van der Waals surface area contributed by atoms with Gasteiger partial charge in [-0.1, -0.05) is 0 Å². The molecule has 3 aromatic rings. The van der Waals surface area contributed by atoms with Gasteiger partial charge in [-0.3, -0.25) is 14.3 Å². The summed E-state index contributed by atoms with van der Waals surface area (Å²) >= 11 is 0.861. The quantitative estimate of drug-likeness (QED) is 0.742. The van der Waals surface area contributed by atoms with Crippen molar-refractivity contribution in [2.75, 3.05) is 5.32 Å². The van der Waals surface area contributed by atoms with Crippen molar-refractivity contribution < 1.29 is 18.4 Å². The summed E-state index contributed by atoms with van der Waals surface area (Å²) in [5.41, 5.74) is 5.74. The van der Waals surface area contributed by atoms with Gasteiger partial charge < -0.3 is 11.1 Å². The zero-order valence-corrected chi connectivity index (χ0v) is 14.0. The molecule has 3 heterocycles. The summed E-state index contributed by atoms with van der Waals surface area (Å²) in [6.45, 7) is 1.60. The molecule has 0 aliphatic rings. The van der Waals surface area contributed by atoms with Crippen LogP contribution < -0.4 is 11.1 Å². The molecule has 0 fully saturated rings. The number of nitrogens with zero attached hydrogens (tertiary/aromatic N) is 3. The van der Waals surface area contributed by atoms with E-state index >= 15 is 0 Å². The lowest BCUT2D eigenvalue weighted by Crippen LogP contribution is -2.17. The molecule has 0 saturated heterocycles. The summed E-state index contributed by atoms with van der Waals surface area (Å²) in [5, 5.41) is 6.99. The minimum Gasteiger partial charge on any atom is -0.365 e. The largest absolute Gasteiger partial charge is 0.365 e. The molecule has 0 saturated carbocycles. The van der Waals surface area contributed by atoms with E-state index in [9.17, 15) is 18.4 Å². The van der Waals surface area contributed by atoms with Crippen molar-refractivity contribution in [3.63, 3.8) is 0 Å². The van der Waals surface area contributed by atoms with Crippen LogP contribution in [-0.4, -0.2) is 26.6 Å². The van der Waals surface area contributed by atoms with Gasteiger partial charge in [0, 0.05) is 18.6 Å². The van der Waals surface area contributed by atoms with E-state index in [-0.39, 0.29) is 21.1 Å². The maximum atomic E-state index is 12.9. The van der Waals surface area contributed by atoms with Gasteiger partial charge >= 0.3 is 0 Å². The number of pyridine rings is 1. The first-order chi connectivity index (χ1) is 11.8. The van der Waals surface area contributed by atoms with Crippen LogP contribution in [0.1, 0.15) is 37.8 Å². The zero-order chi connectivity index (χ0) is 18.3. The van der Waals surface area contributed by atoms with E-state index in [2.05, 4.69) is 15.4 Å². The van der Waals surface area contributed by atoms with E-state index in [1.807, 2.05) is 0 Å². The number of aryl methyl sites for hydroxylation is 2. The molecule has 3 rings (SSSR count). The van der Waals surface area contributed by atoms with Crippen LogP contribution in [0.3, 0.4) is 0 Å². The normalized spacial score (nSPS) is 11.2. The van der Waals surface area contributed by atoms with Crippen molar-refractivity contribution in [3.8, 4) is 0 Å². The molecule has 0 aromatic carbocycles. The zero-order valence-electron chi connectivity index (χ0n) is 13.2. The van der Waals surface area contributed by atoms with E-state index in [1.54, 1.807) is 20.2 Å². The Morgan fingerprint density at radius 2 is 2.12 bits per heavy atom. The highest BCUT2D eigenvalue weighted by Crippen LogP contribution is 2.38. The van der Waals surface area contributed by atoms with Crippen LogP contribution in [0.15, 0.2) is 18.3 Å². The molecule has 25 heavy (non-hydrogen) atoms. The monoisotopic (exact) mass is 365 g/mol. The minimum absolute atomic E-state index is 0.0429. The van der Waals surface area contributed by atoms with Crippen molar-refractivity contribution >= 4 is 39.1 Å². The average Bonchev–Trinajstić information content (AvgIpc) is 3.11. The Balaban J connectivity index is 2.13. The second-order valence-corrected chi connectivity index (χ2v) is 6.34. The maximum absolute atomic E-state index is 12.9. The summed E-state index contributed by atoms with van der Waals surface area (Å²) in [4.78, 5) is 28.2. The van der Waals surface area contributed by atoms with E-state index in [4.69, 9.17) is 5.73 Å². The molecule has 7 nitrogen and oxygen atoms in total. The number of anilines is 1. The number of carbonyl (C=O) groups excluding carboxylic acids is 2. The molecule has 2 amide bonds. The van der Waals surface area contributed by atoms with Gasteiger partial charge in [0.15, 0.2) is 5.69 Å². The summed E-state index contributed by atoms with van der Waals surface area (Å²) in [6, 6.07) is 2.73. The number of carbonyl (C=O) groups is 2. The van der Waals surface area contributed by atoms with Gasteiger partial charge in [0.25, 0.3) is 18.2 Å². The first-order valence-electron chi connectivity index (χ1n) is 7.11. The second kappa shape index (κ2) is 6.20. The predicted octanol–water partition coefficient (Wildman–Crippen LogP) is 2.63. The van der Waals surface area contributed by atoms with Gasteiger partial charge in [0.2, 0.25) is 0 Å². The van der Waals surface area contributed by atoms with Gasteiger partial charge in [-0.15, -0.1) is 11.3 Å². The Bertz CT molecular complexity index is 995. The topological polar surface area (TPSA) is 103 Å². The number of nitrogens with two attached hydrogens (primary N) is 1. The molecule has 0 bridgehead atoms. The number of hydrogen-bond donors (Lipinski definition) is 2. The van der Waals surface area contributed by atoms with Gasteiger partial charge in [0.1, 0.15) is 15.4 Å². The molecular weight excluding hydrogens is 352 g/mol. The van der Waals surface area contributed by atoms with Crippen LogP contribution in [-0.2, 0) is 7.05 Å². The number of hydrogen-bond acceptors (Lipinski definition) is 5. The number of halogens is 2. The molecule has 0 aliphatic carbocycles. The lowest BCUT2D eigenvalue weighted by atomic mass is 10.1. The number of primary amides is 1. The minimum atomic E-state index is -2.74. The maximum Gasteiger partial charge on any atom is 0.280 e. The third-order valence-electron chi connectivity index (χ3n) is 3.51. The summed E-state index contributed by atoms with van der Waals surface area (Å²) in [6.07, 6.45) is -1.15. The standard InChI is InChI=1S/C15H13F2N5O2S/c1-6-5-8(12(16)17)19-15-9(6)10(11(25-15)13(18)23)20-14(24)7-3-4-22(2)21-7/h3-5,12H,1-2H3,(H2,18,23)(H,20,24). The summed E-state index contributed by atoms with van der Waals surface area (Å²) in [7, 11) is 1.66. The fourth-order valence-electron chi connectivity index (χ4n) is 2.43. The van der Waals surface area contributed by atoms with Crippen molar-refractivity contribution in [1.29, 1.82) is 0 Å². The van der Waals surface area contributed by atoms with Crippen LogP contribution in [0.25, 0.3) is 10.2 Å². The molecule has 3 aromatic heterocycles. The van der Waals surface area contributed by atoms with Crippen LogP contribution >= 0.6 is 11.3 Å². The van der Waals surface area contributed by atoms with Crippen molar-refractivity contribution in [2.45, 2.75) is 13.3 Å². The van der Waals surface area contributed by atoms with Gasteiger partial charge in [-0.2, -0.15) is 5.10 Å². The lowest BCUT2D eigenvalue weighted by Gasteiger charge is -2.07. The third kappa shape index (κ3) is 3.07. The number of amides is 2. The smallest absolute Gasteiger partial charge is 0.280 e. The molecular formula is C15H13F2N5O2S. The van der Waals surface area contributed by atoms with Crippen molar-refractivity contribution in [3.05, 3.63) is 40.2 Å². The Morgan fingerprint density at radius 3 is 2.68 bits per heavy atom. The lowest BCUT2D eigenvalue weighted by molar-refractivity contribution is 0.100. The van der Waals surface area contributed by atoms with E-state index in [0.717, 1.165) is 11.3 Å². The van der Waals surface area contributed by atoms with Crippen LogP contribution in [0.2, 0.25) is 0 Å². The van der Waals surface area contributed by atoms with Gasteiger partial charge in [0.05, 0.1) is 5.69 Å². The average molecular weight is 365 g/mol.